The Balaban J connectivity index is 1.94. The Kier molecular flexibility index (Phi) is 5.35. The largest absolute Gasteiger partial charge is 0.486 e. The van der Waals surface area contributed by atoms with Crippen LogP contribution in [0.25, 0.3) is 0 Å². The van der Waals surface area contributed by atoms with Gasteiger partial charge in [-0.2, -0.15) is 0 Å². The van der Waals surface area contributed by atoms with Crippen LogP contribution in [0.5, 0.6) is 5.75 Å². The third kappa shape index (κ3) is 4.44. The molecular weight excluding hydrogens is 326 g/mol. The summed E-state index contributed by atoms with van der Waals surface area (Å²) in [5.41, 5.74) is 5.32. The van der Waals surface area contributed by atoms with Gasteiger partial charge in [0.1, 0.15) is 23.1 Å². The first kappa shape index (κ1) is 16.3. The maximum Gasteiger partial charge on any atom is 0.273 e. The summed E-state index contributed by atoms with van der Waals surface area (Å²) in [4.78, 5) is 28.2. The summed E-state index contributed by atoms with van der Waals surface area (Å²) in [7, 11) is 1.50. The van der Waals surface area contributed by atoms with E-state index in [9.17, 15) is 9.59 Å². The molecule has 0 aliphatic rings. The molecule has 0 unspecified atom stereocenters. The lowest BCUT2D eigenvalue weighted by molar-refractivity contribution is -0.118. The minimum atomic E-state index is -0.572. The highest BCUT2D eigenvalue weighted by Gasteiger charge is 2.17. The minimum Gasteiger partial charge on any atom is -0.486 e. The molecule has 0 saturated carbocycles. The fourth-order valence-corrected chi connectivity index (χ4v) is 2.46. The number of primary amides is 1. The third-order valence-corrected chi connectivity index (χ3v) is 3.76. The van der Waals surface area contributed by atoms with Crippen molar-refractivity contribution in [2.45, 2.75) is 6.61 Å². The van der Waals surface area contributed by atoms with Gasteiger partial charge in [0, 0.05) is 17.5 Å². The molecule has 0 saturated heterocycles. The highest BCUT2D eigenvalue weighted by molar-refractivity contribution is 7.09. The molecule has 0 atom stereocenters. The monoisotopic (exact) mass is 339 g/mol. The number of ether oxygens (including phenoxy) is 1. The fraction of sp³-hybridized carbons (Fsp3) is 0.214. The number of carbonyl (C=O) groups excluding carboxylic acids is 2. The first-order valence-electron chi connectivity index (χ1n) is 6.32. The number of nitrogens with zero attached hydrogens (tertiary/aromatic N) is 2. The molecule has 116 valence electrons. The van der Waals surface area contributed by atoms with Crippen LogP contribution < -0.4 is 10.5 Å². The van der Waals surface area contributed by atoms with Crippen molar-refractivity contribution in [3.05, 3.63) is 45.4 Å². The number of benzene rings is 1. The number of halogens is 1. The molecule has 2 rings (SSSR count). The number of hydrogen-bond acceptors (Lipinski definition) is 5. The van der Waals surface area contributed by atoms with E-state index in [1.807, 2.05) is 0 Å². The van der Waals surface area contributed by atoms with Crippen LogP contribution in [0, 0.1) is 0 Å². The maximum absolute atomic E-state index is 12.0. The number of hydrogen-bond donors (Lipinski definition) is 1. The van der Waals surface area contributed by atoms with Crippen molar-refractivity contribution in [3.8, 4) is 5.75 Å². The number of amides is 2. The normalized spacial score (nSPS) is 10.3. The number of rotatable bonds is 6. The Labute approximate surface area is 136 Å². The number of aromatic nitrogens is 1. The fourth-order valence-electron chi connectivity index (χ4n) is 1.65. The van der Waals surface area contributed by atoms with Crippen molar-refractivity contribution in [2.75, 3.05) is 13.6 Å². The van der Waals surface area contributed by atoms with Gasteiger partial charge in [0.25, 0.3) is 5.91 Å². The zero-order valence-electron chi connectivity index (χ0n) is 11.8. The topological polar surface area (TPSA) is 85.5 Å². The number of nitrogens with two attached hydrogens (primary N) is 1. The molecule has 2 amide bonds. The van der Waals surface area contributed by atoms with E-state index in [0.717, 1.165) is 0 Å². The van der Waals surface area contributed by atoms with E-state index in [-0.39, 0.29) is 24.8 Å². The van der Waals surface area contributed by atoms with Crippen LogP contribution in [0.1, 0.15) is 15.5 Å². The van der Waals surface area contributed by atoms with Crippen LogP contribution in [0.4, 0.5) is 0 Å². The molecule has 2 N–H and O–H groups in total. The van der Waals surface area contributed by atoms with E-state index < -0.39 is 5.91 Å². The van der Waals surface area contributed by atoms with Gasteiger partial charge in [0.2, 0.25) is 5.91 Å². The van der Waals surface area contributed by atoms with E-state index in [4.69, 9.17) is 22.1 Å². The summed E-state index contributed by atoms with van der Waals surface area (Å²) in [6.07, 6.45) is 0. The van der Waals surface area contributed by atoms with Crippen molar-refractivity contribution in [2.24, 2.45) is 5.73 Å². The lowest BCUT2D eigenvalue weighted by Crippen LogP contribution is -2.35. The minimum absolute atomic E-state index is 0.146. The molecule has 8 heteroatoms. The van der Waals surface area contributed by atoms with Crippen LogP contribution in [0.2, 0.25) is 5.02 Å². The Morgan fingerprint density at radius 2 is 2.05 bits per heavy atom. The third-order valence-electron chi connectivity index (χ3n) is 2.69. The van der Waals surface area contributed by atoms with Crippen LogP contribution in [0.15, 0.2) is 29.6 Å². The zero-order chi connectivity index (χ0) is 16.1. The molecule has 0 aliphatic carbocycles. The average Bonchev–Trinajstić information content (AvgIpc) is 2.94. The SMILES string of the molecule is CN(CC(N)=O)C(=O)c1csc(COc2ccc(Cl)cc2)n1. The summed E-state index contributed by atoms with van der Waals surface area (Å²) in [5.74, 6) is -0.261. The summed E-state index contributed by atoms with van der Waals surface area (Å²) in [6.45, 7) is 0.103. The molecule has 6 nitrogen and oxygen atoms in total. The Hall–Kier alpha value is -2.12. The van der Waals surface area contributed by atoms with E-state index in [1.165, 1.54) is 23.3 Å². The standard InChI is InChI=1S/C14H14ClN3O3S/c1-18(6-12(16)19)14(20)11-8-22-13(17-11)7-21-10-4-2-9(15)3-5-10/h2-5,8H,6-7H2,1H3,(H2,16,19). The lowest BCUT2D eigenvalue weighted by atomic mass is 10.3. The van der Waals surface area contributed by atoms with Crippen molar-refractivity contribution in [1.29, 1.82) is 0 Å². The van der Waals surface area contributed by atoms with E-state index in [1.54, 1.807) is 29.6 Å². The van der Waals surface area contributed by atoms with Crippen LogP contribution in [0.3, 0.4) is 0 Å². The number of carbonyl (C=O) groups is 2. The van der Waals surface area contributed by atoms with Crippen molar-refractivity contribution in [3.63, 3.8) is 0 Å². The molecule has 0 radical (unpaired) electrons. The Morgan fingerprint density at radius 3 is 2.68 bits per heavy atom. The smallest absolute Gasteiger partial charge is 0.273 e. The zero-order valence-corrected chi connectivity index (χ0v) is 13.4. The van der Waals surface area contributed by atoms with Crippen LogP contribution in [-0.4, -0.2) is 35.3 Å². The molecule has 2 aromatic rings. The van der Waals surface area contributed by atoms with Gasteiger partial charge >= 0.3 is 0 Å². The summed E-state index contributed by atoms with van der Waals surface area (Å²) >= 11 is 7.10. The first-order valence-corrected chi connectivity index (χ1v) is 7.58. The number of likely N-dealkylation sites (N-methyl/N-ethyl adjacent to an activating group) is 1. The van der Waals surface area contributed by atoms with E-state index >= 15 is 0 Å². The van der Waals surface area contributed by atoms with E-state index in [0.29, 0.717) is 15.8 Å². The second-order valence-corrected chi connectivity index (χ2v) is 5.88. The molecule has 22 heavy (non-hydrogen) atoms. The predicted octanol–water partition coefficient (Wildman–Crippen LogP) is 1.93. The van der Waals surface area contributed by atoms with Gasteiger partial charge in [-0.15, -0.1) is 11.3 Å². The second-order valence-electron chi connectivity index (χ2n) is 4.50. The van der Waals surface area contributed by atoms with Crippen molar-refractivity contribution < 1.29 is 14.3 Å². The summed E-state index contributed by atoms with van der Waals surface area (Å²) in [5, 5.41) is 2.91. The second kappa shape index (κ2) is 7.24. The van der Waals surface area contributed by atoms with Crippen molar-refractivity contribution >= 4 is 34.8 Å². The molecule has 1 aromatic carbocycles. The van der Waals surface area contributed by atoms with E-state index in [2.05, 4.69) is 4.98 Å². The molecule has 0 bridgehead atoms. The highest BCUT2D eigenvalue weighted by Crippen LogP contribution is 2.18. The van der Waals surface area contributed by atoms with Gasteiger partial charge < -0.3 is 15.4 Å². The van der Waals surface area contributed by atoms with Crippen LogP contribution >= 0.6 is 22.9 Å². The van der Waals surface area contributed by atoms with Gasteiger partial charge in [-0.05, 0) is 24.3 Å². The van der Waals surface area contributed by atoms with Gasteiger partial charge in [0.15, 0.2) is 0 Å². The average molecular weight is 340 g/mol. The van der Waals surface area contributed by atoms with Gasteiger partial charge in [-0.1, -0.05) is 11.6 Å². The molecule has 1 aromatic heterocycles. The maximum atomic E-state index is 12.0. The first-order chi connectivity index (χ1) is 10.5. The van der Waals surface area contributed by atoms with Crippen molar-refractivity contribution in [1.82, 2.24) is 9.88 Å². The number of thiazole rings is 1. The highest BCUT2D eigenvalue weighted by atomic mass is 35.5. The molecule has 0 aliphatic heterocycles. The molecule has 0 fully saturated rings. The quantitative estimate of drug-likeness (QED) is 0.871. The molecular formula is C14H14ClN3O3S. The lowest BCUT2D eigenvalue weighted by Gasteiger charge is -2.12. The molecule has 0 spiro atoms. The summed E-state index contributed by atoms with van der Waals surface area (Å²) < 4.78 is 5.56. The van der Waals surface area contributed by atoms with Gasteiger partial charge in [-0.25, -0.2) is 4.98 Å². The van der Waals surface area contributed by atoms with Gasteiger partial charge in [-0.3, -0.25) is 9.59 Å². The summed E-state index contributed by atoms with van der Waals surface area (Å²) in [6, 6.07) is 6.96. The Morgan fingerprint density at radius 1 is 1.36 bits per heavy atom. The van der Waals surface area contributed by atoms with Gasteiger partial charge in [0.05, 0.1) is 6.54 Å². The van der Waals surface area contributed by atoms with Crippen LogP contribution in [-0.2, 0) is 11.4 Å². The molecule has 1 heterocycles. The predicted molar refractivity (Wildman–Crippen MR) is 84.1 cm³/mol. The Bertz CT molecular complexity index is 672.